The first-order chi connectivity index (χ1) is 9.97. The Kier molecular flexibility index (Phi) is 7.45. The number of nitrogens with two attached hydrogens (primary N) is 1. The van der Waals surface area contributed by atoms with E-state index in [1.165, 1.54) is 11.3 Å². The molecular formula is C14H27N5OS. The second kappa shape index (κ2) is 8.84. The minimum Gasteiger partial charge on any atom is -0.382 e. The third kappa shape index (κ3) is 5.89. The predicted octanol–water partition coefficient (Wildman–Crippen LogP) is 1.86. The molecular weight excluding hydrogens is 286 g/mol. The molecule has 0 aliphatic heterocycles. The zero-order valence-electron chi connectivity index (χ0n) is 13.4. The number of nitrogens with zero attached hydrogens (tertiary/aromatic N) is 2. The van der Waals surface area contributed by atoms with E-state index in [0.717, 1.165) is 26.2 Å². The molecule has 0 saturated heterocycles. The minimum atomic E-state index is -0.144. The third-order valence-electron chi connectivity index (χ3n) is 3.13. The molecule has 1 heterocycles. The molecule has 0 atom stereocenters. The summed E-state index contributed by atoms with van der Waals surface area (Å²) < 4.78 is 0. The van der Waals surface area contributed by atoms with Crippen molar-refractivity contribution in [3.05, 3.63) is 4.88 Å². The van der Waals surface area contributed by atoms with Crippen LogP contribution in [0.25, 0.3) is 0 Å². The highest BCUT2D eigenvalue weighted by Crippen LogP contribution is 2.24. The van der Waals surface area contributed by atoms with E-state index in [-0.39, 0.29) is 5.91 Å². The van der Waals surface area contributed by atoms with Crippen molar-refractivity contribution in [2.24, 2.45) is 5.92 Å². The predicted molar refractivity (Wildman–Crippen MR) is 90.0 cm³/mol. The Morgan fingerprint density at radius 2 is 2.05 bits per heavy atom. The van der Waals surface area contributed by atoms with Crippen LogP contribution < -0.4 is 16.4 Å². The fourth-order valence-electron chi connectivity index (χ4n) is 1.81. The topological polar surface area (TPSA) is 83.3 Å². The summed E-state index contributed by atoms with van der Waals surface area (Å²) >= 11 is 1.31. The van der Waals surface area contributed by atoms with Crippen LogP contribution in [-0.4, -0.2) is 48.5 Å². The van der Waals surface area contributed by atoms with Crippen molar-refractivity contribution < 1.29 is 4.79 Å². The van der Waals surface area contributed by atoms with Gasteiger partial charge < -0.3 is 21.3 Å². The summed E-state index contributed by atoms with van der Waals surface area (Å²) in [6.45, 7) is 12.7. The van der Waals surface area contributed by atoms with Crippen LogP contribution in [0.5, 0.6) is 0 Å². The van der Waals surface area contributed by atoms with E-state index in [0.29, 0.717) is 28.3 Å². The highest BCUT2D eigenvalue weighted by molar-refractivity contribution is 7.18. The van der Waals surface area contributed by atoms with Gasteiger partial charge in [0.15, 0.2) is 5.13 Å². The van der Waals surface area contributed by atoms with E-state index in [1.54, 1.807) is 0 Å². The van der Waals surface area contributed by atoms with Gasteiger partial charge >= 0.3 is 0 Å². The van der Waals surface area contributed by atoms with Gasteiger partial charge in [0.05, 0.1) is 0 Å². The Labute approximate surface area is 131 Å². The van der Waals surface area contributed by atoms with Crippen LogP contribution in [-0.2, 0) is 0 Å². The van der Waals surface area contributed by atoms with Crippen molar-refractivity contribution >= 4 is 28.2 Å². The SMILES string of the molecule is CCN(CC)CCNC(=O)c1sc(NCC(C)C)nc1N. The van der Waals surface area contributed by atoms with Crippen molar-refractivity contribution in [2.75, 3.05) is 43.8 Å². The quantitative estimate of drug-likeness (QED) is 0.648. The Hall–Kier alpha value is -1.34. The van der Waals surface area contributed by atoms with Crippen LogP contribution in [0.3, 0.4) is 0 Å². The molecule has 0 fully saturated rings. The molecule has 0 aliphatic rings. The summed E-state index contributed by atoms with van der Waals surface area (Å²) in [6.07, 6.45) is 0. The fraction of sp³-hybridized carbons (Fsp3) is 0.714. The smallest absolute Gasteiger partial charge is 0.265 e. The third-order valence-corrected chi connectivity index (χ3v) is 4.16. The van der Waals surface area contributed by atoms with Gasteiger partial charge in [0.1, 0.15) is 10.7 Å². The lowest BCUT2D eigenvalue weighted by molar-refractivity contribution is 0.0953. The molecule has 1 aromatic heterocycles. The Bertz CT molecular complexity index is 443. The van der Waals surface area contributed by atoms with Crippen molar-refractivity contribution in [2.45, 2.75) is 27.7 Å². The number of aromatic nitrogens is 1. The molecule has 4 N–H and O–H groups in total. The first-order valence-corrected chi connectivity index (χ1v) is 8.30. The van der Waals surface area contributed by atoms with E-state index in [1.807, 2.05) is 0 Å². The van der Waals surface area contributed by atoms with Gasteiger partial charge in [-0.25, -0.2) is 4.98 Å². The normalized spacial score (nSPS) is 11.1. The van der Waals surface area contributed by atoms with Crippen molar-refractivity contribution in [3.63, 3.8) is 0 Å². The molecule has 0 spiro atoms. The van der Waals surface area contributed by atoms with Gasteiger partial charge in [0.25, 0.3) is 5.91 Å². The van der Waals surface area contributed by atoms with Gasteiger partial charge in [-0.05, 0) is 19.0 Å². The van der Waals surface area contributed by atoms with Gasteiger partial charge in [-0.1, -0.05) is 39.0 Å². The number of hydrogen-bond donors (Lipinski definition) is 3. The molecule has 0 unspecified atom stereocenters. The highest BCUT2D eigenvalue weighted by Gasteiger charge is 2.16. The maximum atomic E-state index is 12.1. The van der Waals surface area contributed by atoms with Gasteiger partial charge in [0.2, 0.25) is 0 Å². The fourth-order valence-corrected chi connectivity index (χ4v) is 2.62. The lowest BCUT2D eigenvalue weighted by Crippen LogP contribution is -2.34. The number of nitrogens with one attached hydrogen (secondary N) is 2. The molecule has 21 heavy (non-hydrogen) atoms. The molecule has 1 rings (SSSR count). The van der Waals surface area contributed by atoms with Gasteiger partial charge in [-0.15, -0.1) is 0 Å². The van der Waals surface area contributed by atoms with Crippen molar-refractivity contribution in [1.82, 2.24) is 15.2 Å². The largest absolute Gasteiger partial charge is 0.382 e. The molecule has 0 aromatic carbocycles. The number of amides is 1. The number of nitrogen functional groups attached to an aromatic ring is 1. The summed E-state index contributed by atoms with van der Waals surface area (Å²) in [5.74, 6) is 0.669. The molecule has 1 amide bonds. The van der Waals surface area contributed by atoms with Crippen LogP contribution in [0.15, 0.2) is 0 Å². The van der Waals surface area contributed by atoms with Gasteiger partial charge in [-0.2, -0.15) is 0 Å². The van der Waals surface area contributed by atoms with Crippen LogP contribution in [0, 0.1) is 5.92 Å². The number of anilines is 2. The van der Waals surface area contributed by atoms with Crippen molar-refractivity contribution in [1.29, 1.82) is 0 Å². The molecule has 0 aliphatic carbocycles. The van der Waals surface area contributed by atoms with E-state index in [2.05, 4.69) is 48.2 Å². The van der Waals surface area contributed by atoms with Crippen LogP contribution in [0.2, 0.25) is 0 Å². The maximum Gasteiger partial charge on any atom is 0.265 e. The molecule has 120 valence electrons. The van der Waals surface area contributed by atoms with E-state index >= 15 is 0 Å². The average Bonchev–Trinajstić information content (AvgIpc) is 2.82. The maximum absolute atomic E-state index is 12.1. The molecule has 0 saturated carbocycles. The second-order valence-electron chi connectivity index (χ2n) is 5.29. The molecule has 0 radical (unpaired) electrons. The summed E-state index contributed by atoms with van der Waals surface area (Å²) in [5.41, 5.74) is 5.82. The lowest BCUT2D eigenvalue weighted by Gasteiger charge is -2.17. The van der Waals surface area contributed by atoms with Crippen molar-refractivity contribution in [3.8, 4) is 0 Å². The Morgan fingerprint density at radius 3 is 2.62 bits per heavy atom. The monoisotopic (exact) mass is 313 g/mol. The van der Waals surface area contributed by atoms with E-state index < -0.39 is 0 Å². The molecule has 7 heteroatoms. The number of likely N-dealkylation sites (N-methyl/N-ethyl adjacent to an activating group) is 1. The van der Waals surface area contributed by atoms with Gasteiger partial charge in [0, 0.05) is 19.6 Å². The standard InChI is InChI=1S/C14H27N5OS/c1-5-19(6-2)8-7-16-13(20)11-12(15)18-14(21-11)17-9-10(3)4/h10H,5-9,15H2,1-4H3,(H,16,20)(H,17,18). The minimum absolute atomic E-state index is 0.144. The highest BCUT2D eigenvalue weighted by atomic mass is 32.1. The number of hydrogen-bond acceptors (Lipinski definition) is 6. The molecule has 1 aromatic rings. The van der Waals surface area contributed by atoms with E-state index in [9.17, 15) is 4.79 Å². The number of rotatable bonds is 9. The summed E-state index contributed by atoms with van der Waals surface area (Å²) in [4.78, 5) is 19.0. The summed E-state index contributed by atoms with van der Waals surface area (Å²) in [6, 6.07) is 0. The molecule has 0 bridgehead atoms. The van der Waals surface area contributed by atoms with Crippen LogP contribution >= 0.6 is 11.3 Å². The number of carbonyl (C=O) groups excluding carboxylic acids is 1. The van der Waals surface area contributed by atoms with Gasteiger partial charge in [-0.3, -0.25) is 4.79 Å². The number of thiazole rings is 1. The van der Waals surface area contributed by atoms with Crippen LogP contribution in [0.4, 0.5) is 10.9 Å². The first-order valence-electron chi connectivity index (χ1n) is 7.48. The van der Waals surface area contributed by atoms with E-state index in [4.69, 9.17) is 5.73 Å². The second-order valence-corrected chi connectivity index (χ2v) is 6.29. The Morgan fingerprint density at radius 1 is 1.38 bits per heavy atom. The zero-order valence-corrected chi connectivity index (χ0v) is 14.2. The average molecular weight is 313 g/mol. The summed E-state index contributed by atoms with van der Waals surface area (Å²) in [7, 11) is 0. The van der Waals surface area contributed by atoms with Crippen LogP contribution in [0.1, 0.15) is 37.4 Å². The summed E-state index contributed by atoms with van der Waals surface area (Å²) in [5, 5.41) is 6.79. The lowest BCUT2D eigenvalue weighted by atomic mass is 10.2. The molecule has 6 nitrogen and oxygen atoms in total. The Balaban J connectivity index is 2.50. The zero-order chi connectivity index (χ0) is 15.8. The first kappa shape index (κ1) is 17.7. The number of carbonyl (C=O) groups is 1.